The van der Waals surface area contributed by atoms with Gasteiger partial charge in [-0.1, -0.05) is 18.2 Å². The first-order valence-corrected chi connectivity index (χ1v) is 6.61. The number of aromatic carboxylic acids is 1. The van der Waals surface area contributed by atoms with Gasteiger partial charge in [0, 0.05) is 0 Å². The third kappa shape index (κ3) is 6.27. The van der Waals surface area contributed by atoms with Crippen molar-refractivity contribution in [3.05, 3.63) is 35.4 Å². The van der Waals surface area contributed by atoms with Crippen molar-refractivity contribution in [3.63, 3.8) is 0 Å². The minimum absolute atomic E-state index is 0.0828. The summed E-state index contributed by atoms with van der Waals surface area (Å²) < 4.78 is 10.5. The molecule has 2 N–H and O–H groups in total. The highest BCUT2D eigenvalue weighted by Crippen LogP contribution is 2.11. The van der Waals surface area contributed by atoms with Crippen LogP contribution in [0.15, 0.2) is 24.3 Å². The molecule has 0 bridgehead atoms. The zero-order valence-electron chi connectivity index (χ0n) is 12.7. The lowest BCUT2D eigenvalue weighted by molar-refractivity contribution is 0.00644. The lowest BCUT2D eigenvalue weighted by atomic mass is 10.1. The number of nitrogens with one attached hydrogen (secondary N) is 1. The summed E-state index contributed by atoms with van der Waals surface area (Å²) in [4.78, 5) is 22.6. The highest BCUT2D eigenvalue weighted by atomic mass is 16.6. The third-order valence-corrected chi connectivity index (χ3v) is 2.46. The Hall–Kier alpha value is -2.08. The van der Waals surface area contributed by atoms with Gasteiger partial charge in [0.1, 0.15) is 11.8 Å². The SMILES string of the molecule is CC(NC(=O)OC(C)(C)C)OCc1ccccc1C(=O)O. The maximum Gasteiger partial charge on any atom is 0.409 e. The third-order valence-electron chi connectivity index (χ3n) is 2.46. The number of hydrogen-bond donors (Lipinski definition) is 2. The highest BCUT2D eigenvalue weighted by Gasteiger charge is 2.18. The zero-order valence-corrected chi connectivity index (χ0v) is 12.7. The normalized spacial score (nSPS) is 12.6. The molecule has 1 atom stereocenters. The molecule has 6 heteroatoms. The van der Waals surface area contributed by atoms with Crippen LogP contribution >= 0.6 is 0 Å². The van der Waals surface area contributed by atoms with Gasteiger partial charge in [-0.2, -0.15) is 0 Å². The summed E-state index contributed by atoms with van der Waals surface area (Å²) in [5.41, 5.74) is 0.143. The molecule has 1 unspecified atom stereocenters. The fourth-order valence-electron chi connectivity index (χ4n) is 1.58. The zero-order chi connectivity index (χ0) is 16.0. The summed E-state index contributed by atoms with van der Waals surface area (Å²) in [6.07, 6.45) is -1.18. The van der Waals surface area contributed by atoms with Crippen LogP contribution in [-0.4, -0.2) is 29.0 Å². The summed E-state index contributed by atoms with van der Waals surface area (Å²) in [7, 11) is 0. The molecule has 6 nitrogen and oxygen atoms in total. The Morgan fingerprint density at radius 1 is 1.29 bits per heavy atom. The van der Waals surface area contributed by atoms with Crippen molar-refractivity contribution < 1.29 is 24.2 Å². The number of hydrogen-bond acceptors (Lipinski definition) is 4. The van der Waals surface area contributed by atoms with E-state index >= 15 is 0 Å². The van der Waals surface area contributed by atoms with E-state index < -0.39 is 23.9 Å². The molecule has 0 aliphatic heterocycles. The molecule has 1 amide bonds. The van der Waals surface area contributed by atoms with Gasteiger partial charge >= 0.3 is 12.1 Å². The standard InChI is InChI=1S/C15H21NO5/c1-10(16-14(19)21-15(2,3)4)20-9-11-7-5-6-8-12(11)13(17)18/h5-8,10H,9H2,1-4H3,(H,16,19)(H,17,18). The smallest absolute Gasteiger partial charge is 0.409 e. The van der Waals surface area contributed by atoms with E-state index in [0.29, 0.717) is 5.56 Å². The maximum atomic E-state index is 11.5. The van der Waals surface area contributed by atoms with E-state index in [1.54, 1.807) is 45.9 Å². The Kier molecular flexibility index (Phi) is 5.72. The number of rotatable bonds is 5. The molecule has 1 rings (SSSR count). The summed E-state index contributed by atoms with van der Waals surface area (Å²) in [6.45, 7) is 7.02. The second-order valence-corrected chi connectivity index (χ2v) is 5.56. The second-order valence-electron chi connectivity index (χ2n) is 5.56. The monoisotopic (exact) mass is 295 g/mol. The molecule has 21 heavy (non-hydrogen) atoms. The van der Waals surface area contributed by atoms with Gasteiger partial charge in [0.05, 0.1) is 12.2 Å². The second kappa shape index (κ2) is 7.08. The lowest BCUT2D eigenvalue weighted by Crippen LogP contribution is -2.38. The average Bonchev–Trinajstić information content (AvgIpc) is 2.34. The van der Waals surface area contributed by atoms with Crippen molar-refractivity contribution >= 4 is 12.1 Å². The molecule has 0 heterocycles. The van der Waals surface area contributed by atoms with Crippen LogP contribution in [0.3, 0.4) is 0 Å². The van der Waals surface area contributed by atoms with Crippen molar-refractivity contribution in [1.29, 1.82) is 0 Å². The molecule has 0 aliphatic rings. The van der Waals surface area contributed by atoms with E-state index in [1.807, 2.05) is 0 Å². The molecular weight excluding hydrogens is 274 g/mol. The van der Waals surface area contributed by atoms with Crippen molar-refractivity contribution in [2.24, 2.45) is 0 Å². The summed E-state index contributed by atoms with van der Waals surface area (Å²) in [5.74, 6) is -1.01. The van der Waals surface area contributed by atoms with Gasteiger partial charge in [0.25, 0.3) is 0 Å². The molecule has 0 spiro atoms. The first-order valence-electron chi connectivity index (χ1n) is 6.61. The first kappa shape index (κ1) is 17.0. The Morgan fingerprint density at radius 2 is 1.90 bits per heavy atom. The van der Waals surface area contributed by atoms with E-state index in [4.69, 9.17) is 14.6 Å². The molecule has 0 aromatic heterocycles. The number of carboxylic acid groups (broad SMARTS) is 1. The van der Waals surface area contributed by atoms with Crippen LogP contribution in [0.5, 0.6) is 0 Å². The van der Waals surface area contributed by atoms with Crippen LogP contribution in [0, 0.1) is 0 Å². The number of carboxylic acids is 1. The number of alkyl carbamates (subject to hydrolysis) is 1. The molecule has 0 saturated carbocycles. The van der Waals surface area contributed by atoms with E-state index in [2.05, 4.69) is 5.32 Å². The topological polar surface area (TPSA) is 84.9 Å². The van der Waals surface area contributed by atoms with E-state index in [1.165, 1.54) is 6.07 Å². The van der Waals surface area contributed by atoms with Crippen LogP contribution in [0.4, 0.5) is 4.79 Å². The van der Waals surface area contributed by atoms with Crippen molar-refractivity contribution in [1.82, 2.24) is 5.32 Å². The highest BCUT2D eigenvalue weighted by molar-refractivity contribution is 5.89. The van der Waals surface area contributed by atoms with Gasteiger partial charge in [-0.3, -0.25) is 5.32 Å². The van der Waals surface area contributed by atoms with Gasteiger partial charge in [0.15, 0.2) is 0 Å². The van der Waals surface area contributed by atoms with E-state index in [0.717, 1.165) is 0 Å². The van der Waals surface area contributed by atoms with Crippen LogP contribution in [0.2, 0.25) is 0 Å². The molecule has 0 aliphatic carbocycles. The Bertz CT molecular complexity index is 507. The lowest BCUT2D eigenvalue weighted by Gasteiger charge is -2.22. The van der Waals surface area contributed by atoms with Gasteiger partial charge in [-0.15, -0.1) is 0 Å². The summed E-state index contributed by atoms with van der Waals surface area (Å²) >= 11 is 0. The number of carbonyl (C=O) groups is 2. The number of benzene rings is 1. The predicted octanol–water partition coefficient (Wildman–Crippen LogP) is 2.77. The molecular formula is C15H21NO5. The van der Waals surface area contributed by atoms with Crippen molar-refractivity contribution in [3.8, 4) is 0 Å². The number of ether oxygens (including phenoxy) is 2. The van der Waals surface area contributed by atoms with E-state index in [9.17, 15) is 9.59 Å². The van der Waals surface area contributed by atoms with Crippen molar-refractivity contribution in [2.75, 3.05) is 0 Å². The van der Waals surface area contributed by atoms with Gasteiger partial charge in [-0.05, 0) is 39.3 Å². The number of amides is 1. The van der Waals surface area contributed by atoms with Crippen LogP contribution in [-0.2, 0) is 16.1 Å². The van der Waals surface area contributed by atoms with Crippen molar-refractivity contribution in [2.45, 2.75) is 46.1 Å². The predicted molar refractivity (Wildman–Crippen MR) is 77.0 cm³/mol. The fraction of sp³-hybridized carbons (Fsp3) is 0.467. The first-order chi connectivity index (χ1) is 9.69. The molecule has 1 aromatic carbocycles. The van der Waals surface area contributed by atoms with Crippen LogP contribution in [0.1, 0.15) is 43.6 Å². The Balaban J connectivity index is 2.52. The number of carbonyl (C=O) groups excluding carboxylic acids is 1. The Morgan fingerprint density at radius 3 is 2.48 bits per heavy atom. The molecule has 0 saturated heterocycles. The molecule has 0 radical (unpaired) electrons. The summed E-state index contributed by atoms with van der Waals surface area (Å²) in [5, 5.41) is 11.6. The van der Waals surface area contributed by atoms with Crippen LogP contribution in [0.25, 0.3) is 0 Å². The molecule has 1 aromatic rings. The maximum absolute atomic E-state index is 11.5. The van der Waals surface area contributed by atoms with Gasteiger partial charge in [-0.25, -0.2) is 9.59 Å². The fourth-order valence-corrected chi connectivity index (χ4v) is 1.58. The minimum Gasteiger partial charge on any atom is -0.478 e. The Labute approximate surface area is 124 Å². The van der Waals surface area contributed by atoms with Gasteiger partial charge in [0.2, 0.25) is 0 Å². The molecule has 0 fully saturated rings. The van der Waals surface area contributed by atoms with E-state index in [-0.39, 0.29) is 12.2 Å². The largest absolute Gasteiger partial charge is 0.478 e. The minimum atomic E-state index is -1.01. The van der Waals surface area contributed by atoms with Gasteiger partial charge < -0.3 is 14.6 Å². The summed E-state index contributed by atoms with van der Waals surface area (Å²) in [6, 6.07) is 6.56. The van der Waals surface area contributed by atoms with Crippen LogP contribution < -0.4 is 5.32 Å². The molecule has 116 valence electrons. The quantitative estimate of drug-likeness (QED) is 0.816. The average molecular weight is 295 g/mol.